The number of para-hydroxylation sites is 1. The third-order valence-corrected chi connectivity index (χ3v) is 7.65. The molecule has 1 spiro atoms. The summed E-state index contributed by atoms with van der Waals surface area (Å²) in [5, 5.41) is 2.72. The summed E-state index contributed by atoms with van der Waals surface area (Å²) in [6.07, 6.45) is 0. The molecule has 1 aliphatic carbocycles. The molecule has 2 nitrogen and oxygen atoms in total. The van der Waals surface area contributed by atoms with Gasteiger partial charge in [-0.15, -0.1) is 0 Å². The lowest BCUT2D eigenvalue weighted by atomic mass is 9.66. The highest BCUT2D eigenvalue weighted by Gasteiger charge is 2.51. The first-order chi connectivity index (χ1) is 16.8. The monoisotopic (exact) mass is 456 g/mol. The third kappa shape index (κ3) is 2.08. The first-order valence-electron chi connectivity index (χ1n) is 11.4. The van der Waals surface area contributed by atoms with Crippen LogP contribution in [0.2, 0.25) is 5.02 Å². The molecule has 6 aromatic rings. The van der Waals surface area contributed by atoms with E-state index in [0.29, 0.717) is 5.02 Å². The van der Waals surface area contributed by atoms with Crippen LogP contribution in [0.5, 0.6) is 11.5 Å². The molecular weight excluding hydrogens is 440 g/mol. The van der Waals surface area contributed by atoms with E-state index in [4.69, 9.17) is 20.8 Å². The molecule has 0 amide bonds. The molecule has 2 aliphatic rings. The SMILES string of the molecule is Clc1ccc2c(c1)oc1c3c(ccc12)C1(c2ccccc2O3)c2ccccc2-c2ccccc21. The number of halogens is 1. The Bertz CT molecular complexity index is 1760. The van der Waals surface area contributed by atoms with Gasteiger partial charge in [-0.2, -0.15) is 0 Å². The highest BCUT2D eigenvalue weighted by molar-refractivity contribution is 6.31. The van der Waals surface area contributed by atoms with Crippen molar-refractivity contribution in [3.63, 3.8) is 0 Å². The van der Waals surface area contributed by atoms with Crippen LogP contribution in [0, 0.1) is 0 Å². The summed E-state index contributed by atoms with van der Waals surface area (Å²) >= 11 is 6.28. The van der Waals surface area contributed by atoms with Crippen molar-refractivity contribution in [2.24, 2.45) is 0 Å². The van der Waals surface area contributed by atoms with Gasteiger partial charge < -0.3 is 9.15 Å². The van der Waals surface area contributed by atoms with Crippen LogP contribution in [0.25, 0.3) is 33.1 Å². The number of hydrogen-bond acceptors (Lipinski definition) is 2. The van der Waals surface area contributed by atoms with E-state index in [-0.39, 0.29) is 0 Å². The smallest absolute Gasteiger partial charge is 0.178 e. The Morgan fingerprint density at radius 1 is 0.588 bits per heavy atom. The Hall–Kier alpha value is -4.01. The van der Waals surface area contributed by atoms with Gasteiger partial charge in [0.2, 0.25) is 0 Å². The molecule has 0 unspecified atom stereocenters. The van der Waals surface area contributed by atoms with Crippen LogP contribution in [0.3, 0.4) is 0 Å². The van der Waals surface area contributed by atoms with Crippen LogP contribution in [-0.2, 0) is 5.41 Å². The summed E-state index contributed by atoms with van der Waals surface area (Å²) in [7, 11) is 0. The minimum absolute atomic E-state index is 0.484. The van der Waals surface area contributed by atoms with Crippen molar-refractivity contribution in [3.8, 4) is 22.6 Å². The molecule has 1 aliphatic heterocycles. The van der Waals surface area contributed by atoms with E-state index in [1.165, 1.54) is 22.3 Å². The summed E-state index contributed by atoms with van der Waals surface area (Å²) in [6, 6.07) is 36.0. The van der Waals surface area contributed by atoms with Crippen molar-refractivity contribution in [1.29, 1.82) is 0 Å². The van der Waals surface area contributed by atoms with Gasteiger partial charge in [0.25, 0.3) is 0 Å². The molecule has 2 heterocycles. The van der Waals surface area contributed by atoms with Gasteiger partial charge >= 0.3 is 0 Å². The summed E-state index contributed by atoms with van der Waals surface area (Å²) in [6.45, 7) is 0. The van der Waals surface area contributed by atoms with Crippen molar-refractivity contribution in [2.45, 2.75) is 5.41 Å². The molecule has 3 heteroatoms. The van der Waals surface area contributed by atoms with E-state index in [1.54, 1.807) is 0 Å². The number of fused-ring (bicyclic) bond motifs is 13. The van der Waals surface area contributed by atoms with Gasteiger partial charge in [0.1, 0.15) is 11.3 Å². The van der Waals surface area contributed by atoms with Gasteiger partial charge in [-0.05, 0) is 46.5 Å². The predicted molar refractivity (Wildman–Crippen MR) is 136 cm³/mol. The lowest BCUT2D eigenvalue weighted by Crippen LogP contribution is -2.32. The lowest BCUT2D eigenvalue weighted by molar-refractivity contribution is 0.432. The quantitative estimate of drug-likeness (QED) is 0.227. The first kappa shape index (κ1) is 18.4. The molecule has 34 heavy (non-hydrogen) atoms. The van der Waals surface area contributed by atoms with Crippen molar-refractivity contribution >= 4 is 33.5 Å². The van der Waals surface area contributed by atoms with E-state index in [9.17, 15) is 0 Å². The Balaban J connectivity index is 1.58. The zero-order valence-corrected chi connectivity index (χ0v) is 18.8. The number of rotatable bonds is 0. The Kier molecular flexibility index (Phi) is 3.42. The van der Waals surface area contributed by atoms with E-state index in [2.05, 4.69) is 78.9 Å². The van der Waals surface area contributed by atoms with E-state index in [0.717, 1.165) is 44.6 Å². The van der Waals surface area contributed by atoms with Crippen LogP contribution in [0.15, 0.2) is 108 Å². The maximum absolute atomic E-state index is 6.64. The second-order valence-corrected chi connectivity index (χ2v) is 9.44. The molecule has 5 aromatic carbocycles. The fourth-order valence-electron chi connectivity index (χ4n) is 6.12. The molecule has 0 fully saturated rings. The third-order valence-electron chi connectivity index (χ3n) is 7.42. The Labute approximate surface area is 201 Å². The molecule has 8 rings (SSSR count). The molecule has 0 radical (unpaired) electrons. The van der Waals surface area contributed by atoms with Crippen LogP contribution >= 0.6 is 11.6 Å². The van der Waals surface area contributed by atoms with Gasteiger partial charge in [0.05, 0.1) is 5.41 Å². The van der Waals surface area contributed by atoms with Crippen LogP contribution < -0.4 is 4.74 Å². The van der Waals surface area contributed by atoms with Gasteiger partial charge in [0, 0.05) is 33.0 Å². The van der Waals surface area contributed by atoms with E-state index in [1.807, 2.05) is 24.3 Å². The fraction of sp³-hybridized carbons (Fsp3) is 0.0323. The second-order valence-electron chi connectivity index (χ2n) is 9.00. The minimum Gasteiger partial charge on any atom is -0.453 e. The normalized spacial score (nSPS) is 14.5. The molecule has 160 valence electrons. The molecule has 0 saturated carbocycles. The van der Waals surface area contributed by atoms with Gasteiger partial charge in [-0.3, -0.25) is 0 Å². The molecule has 0 saturated heterocycles. The molecule has 1 aromatic heterocycles. The Morgan fingerprint density at radius 3 is 2.00 bits per heavy atom. The molecule has 0 N–H and O–H groups in total. The summed E-state index contributed by atoms with van der Waals surface area (Å²) < 4.78 is 13.1. The minimum atomic E-state index is -0.484. The van der Waals surface area contributed by atoms with Crippen molar-refractivity contribution < 1.29 is 9.15 Å². The predicted octanol–water partition coefficient (Wildman–Crippen LogP) is 8.71. The lowest BCUT2D eigenvalue weighted by Gasteiger charge is -2.39. The summed E-state index contributed by atoms with van der Waals surface area (Å²) in [5.41, 5.74) is 8.35. The average Bonchev–Trinajstić information content (AvgIpc) is 3.39. The zero-order valence-electron chi connectivity index (χ0n) is 18.0. The van der Waals surface area contributed by atoms with Crippen LogP contribution in [0.1, 0.15) is 22.3 Å². The van der Waals surface area contributed by atoms with Crippen LogP contribution in [-0.4, -0.2) is 0 Å². The maximum atomic E-state index is 6.64. The second kappa shape index (κ2) is 6.31. The van der Waals surface area contributed by atoms with Crippen molar-refractivity contribution in [2.75, 3.05) is 0 Å². The number of furan rings is 1. The topological polar surface area (TPSA) is 22.4 Å². The first-order valence-corrected chi connectivity index (χ1v) is 11.8. The highest BCUT2D eigenvalue weighted by Crippen LogP contribution is 2.63. The highest BCUT2D eigenvalue weighted by atomic mass is 35.5. The molecule has 0 bridgehead atoms. The van der Waals surface area contributed by atoms with Gasteiger partial charge in [-0.25, -0.2) is 0 Å². The summed E-state index contributed by atoms with van der Waals surface area (Å²) in [4.78, 5) is 0. The standard InChI is InChI=1S/C31H17ClO2/c32-18-13-14-21-22-15-16-26-30(29(22)34-28(21)17-18)33-27-12-6-5-11-25(27)31(26)23-9-3-1-7-19(23)20-8-2-4-10-24(20)31/h1-17H. The van der Waals surface area contributed by atoms with Crippen LogP contribution in [0.4, 0.5) is 0 Å². The summed E-state index contributed by atoms with van der Waals surface area (Å²) in [5.74, 6) is 1.63. The van der Waals surface area contributed by atoms with E-state index < -0.39 is 5.41 Å². The van der Waals surface area contributed by atoms with E-state index >= 15 is 0 Å². The largest absolute Gasteiger partial charge is 0.453 e. The van der Waals surface area contributed by atoms with Gasteiger partial charge in [0.15, 0.2) is 11.3 Å². The van der Waals surface area contributed by atoms with Crippen molar-refractivity contribution in [1.82, 2.24) is 0 Å². The number of benzene rings is 5. The zero-order chi connectivity index (χ0) is 22.4. The molecular formula is C31H17ClO2. The fourth-order valence-corrected chi connectivity index (χ4v) is 6.28. The Morgan fingerprint density at radius 2 is 1.24 bits per heavy atom. The number of hydrogen-bond donors (Lipinski definition) is 0. The molecule has 0 atom stereocenters. The average molecular weight is 457 g/mol. The number of ether oxygens (including phenoxy) is 1. The van der Waals surface area contributed by atoms with Gasteiger partial charge in [-0.1, -0.05) is 84.4 Å². The van der Waals surface area contributed by atoms with Crippen molar-refractivity contribution in [3.05, 3.63) is 130 Å². The maximum Gasteiger partial charge on any atom is 0.178 e.